The van der Waals surface area contributed by atoms with Gasteiger partial charge in [-0.1, -0.05) is 41.5 Å². The molecule has 0 spiro atoms. The third kappa shape index (κ3) is 2.87. The monoisotopic (exact) mass is 518 g/mol. The SMILES string of the molecule is CC1(C)CC(=O)[C@]2(C)CC[C@@]3(C)[C@]4(C)CC[C@@H]5[C@](C)(CC[C@H](O)[C@@]5(C)C(=O)O)[C@H]4[C@H](O)C(=O)[C@]3(O)[C@@H]2C1. The molecule has 208 valence electrons. The van der Waals surface area contributed by atoms with Crippen molar-refractivity contribution in [1.29, 1.82) is 0 Å². The summed E-state index contributed by atoms with van der Waals surface area (Å²) in [7, 11) is 0. The lowest BCUT2D eigenvalue weighted by Crippen LogP contribution is -2.81. The summed E-state index contributed by atoms with van der Waals surface area (Å²) < 4.78 is 0. The summed E-state index contributed by atoms with van der Waals surface area (Å²) in [5.41, 5.74) is -6.66. The van der Waals surface area contributed by atoms with Gasteiger partial charge in [-0.25, -0.2) is 0 Å². The van der Waals surface area contributed by atoms with Crippen molar-refractivity contribution < 1.29 is 34.8 Å². The van der Waals surface area contributed by atoms with E-state index in [2.05, 4.69) is 6.92 Å². The minimum atomic E-state index is -1.86. The Morgan fingerprint density at radius 1 is 0.865 bits per heavy atom. The van der Waals surface area contributed by atoms with E-state index in [1.807, 2.05) is 34.6 Å². The standard InChI is InChI=1S/C30H46O7/c1-24(2)14-17-25(3,19(32)15-24)12-13-28(6)27(5)11-8-16-26(4,10-9-18(31)29(16,7)23(35)36)21(27)20(33)22(34)30(17,28)37/h16-18,20-21,31,33,37H,8-15H2,1-7H3,(H,35,36)/t16-,17-,18+,20+,21-,25-,26+,27-,28+,29+,30-/m1/s1. The zero-order valence-corrected chi connectivity index (χ0v) is 23.6. The number of fused-ring (bicyclic) bond motifs is 7. The van der Waals surface area contributed by atoms with E-state index in [4.69, 9.17) is 0 Å². The fourth-order valence-electron chi connectivity index (χ4n) is 11.0. The van der Waals surface area contributed by atoms with Gasteiger partial charge >= 0.3 is 5.97 Å². The van der Waals surface area contributed by atoms with E-state index in [0.29, 0.717) is 44.9 Å². The molecule has 5 fully saturated rings. The largest absolute Gasteiger partial charge is 0.481 e. The second kappa shape index (κ2) is 7.45. The molecule has 7 heteroatoms. The Hall–Kier alpha value is -1.31. The van der Waals surface area contributed by atoms with Crippen LogP contribution in [0.2, 0.25) is 0 Å². The highest BCUT2D eigenvalue weighted by Crippen LogP contribution is 2.77. The van der Waals surface area contributed by atoms with Crippen LogP contribution in [0.4, 0.5) is 0 Å². The topological polar surface area (TPSA) is 132 Å². The molecular weight excluding hydrogens is 472 g/mol. The number of aliphatic carboxylic acids is 1. The van der Waals surface area contributed by atoms with E-state index in [0.717, 1.165) is 0 Å². The van der Waals surface area contributed by atoms with E-state index in [1.54, 1.807) is 6.92 Å². The molecule has 7 nitrogen and oxygen atoms in total. The first-order valence-electron chi connectivity index (χ1n) is 14.2. The second-order valence-corrected chi connectivity index (χ2v) is 15.5. The van der Waals surface area contributed by atoms with Gasteiger partial charge in [-0.15, -0.1) is 0 Å². The number of carbonyl (C=O) groups is 3. The van der Waals surface area contributed by atoms with Crippen LogP contribution in [0, 0.1) is 50.2 Å². The number of carboxylic acid groups (broad SMARTS) is 1. The Morgan fingerprint density at radius 3 is 2.08 bits per heavy atom. The molecule has 4 N–H and O–H groups in total. The van der Waals surface area contributed by atoms with Crippen LogP contribution in [0.15, 0.2) is 0 Å². The average Bonchev–Trinajstić information content (AvgIpc) is 2.79. The maximum Gasteiger partial charge on any atom is 0.312 e. The Morgan fingerprint density at radius 2 is 1.49 bits per heavy atom. The summed E-state index contributed by atoms with van der Waals surface area (Å²) in [6, 6.07) is 0. The van der Waals surface area contributed by atoms with Gasteiger partial charge in [-0.3, -0.25) is 14.4 Å². The molecule has 0 amide bonds. The van der Waals surface area contributed by atoms with E-state index in [9.17, 15) is 34.8 Å². The van der Waals surface area contributed by atoms with Crippen LogP contribution in [-0.2, 0) is 14.4 Å². The van der Waals surface area contributed by atoms with Crippen LogP contribution >= 0.6 is 0 Å². The normalized spacial score (nSPS) is 57.0. The van der Waals surface area contributed by atoms with E-state index in [1.165, 1.54) is 0 Å². The fraction of sp³-hybridized carbons (Fsp3) is 0.900. The molecule has 5 rings (SSSR count). The van der Waals surface area contributed by atoms with Crippen molar-refractivity contribution >= 4 is 17.5 Å². The fourth-order valence-corrected chi connectivity index (χ4v) is 11.0. The van der Waals surface area contributed by atoms with Crippen molar-refractivity contribution in [3.05, 3.63) is 0 Å². The van der Waals surface area contributed by atoms with Gasteiger partial charge in [0.25, 0.3) is 0 Å². The highest BCUT2D eigenvalue weighted by atomic mass is 16.4. The molecule has 5 saturated carbocycles. The molecule has 5 aliphatic rings. The third-order valence-electron chi connectivity index (χ3n) is 13.5. The van der Waals surface area contributed by atoms with Crippen molar-refractivity contribution in [3.8, 4) is 0 Å². The lowest BCUT2D eigenvalue weighted by Gasteiger charge is -2.75. The molecule has 0 heterocycles. The minimum Gasteiger partial charge on any atom is -0.481 e. The zero-order valence-electron chi connectivity index (χ0n) is 23.6. The molecule has 0 aromatic rings. The van der Waals surface area contributed by atoms with E-state index >= 15 is 0 Å². The number of rotatable bonds is 1. The number of hydrogen-bond acceptors (Lipinski definition) is 6. The predicted molar refractivity (Wildman–Crippen MR) is 136 cm³/mol. The summed E-state index contributed by atoms with van der Waals surface area (Å²) in [6.45, 7) is 13.6. The van der Waals surface area contributed by atoms with Gasteiger partial charge in [0, 0.05) is 29.1 Å². The van der Waals surface area contributed by atoms with Gasteiger partial charge < -0.3 is 20.4 Å². The number of aliphatic hydroxyl groups is 3. The first kappa shape index (κ1) is 27.3. The number of carboxylic acids is 1. The summed E-state index contributed by atoms with van der Waals surface area (Å²) in [5, 5.41) is 45.7. The number of aliphatic hydroxyl groups excluding tert-OH is 2. The first-order valence-corrected chi connectivity index (χ1v) is 14.2. The molecule has 0 aromatic carbocycles. The van der Waals surface area contributed by atoms with Crippen molar-refractivity contribution in [3.63, 3.8) is 0 Å². The molecule has 5 aliphatic carbocycles. The van der Waals surface area contributed by atoms with Crippen LogP contribution in [0.3, 0.4) is 0 Å². The second-order valence-electron chi connectivity index (χ2n) is 15.5. The summed E-state index contributed by atoms with van der Waals surface area (Å²) in [4.78, 5) is 40.4. The molecule has 0 saturated heterocycles. The van der Waals surface area contributed by atoms with E-state index < -0.39 is 74.4 Å². The number of hydrogen-bond donors (Lipinski definition) is 4. The smallest absolute Gasteiger partial charge is 0.312 e. The van der Waals surface area contributed by atoms with Gasteiger partial charge in [-0.05, 0) is 74.0 Å². The molecule has 0 aromatic heterocycles. The van der Waals surface area contributed by atoms with Gasteiger partial charge in [0.05, 0.1) is 11.5 Å². The summed E-state index contributed by atoms with van der Waals surface area (Å²) in [6.07, 6.45) is 1.43. The van der Waals surface area contributed by atoms with Crippen molar-refractivity contribution in [2.45, 2.75) is 118 Å². The summed E-state index contributed by atoms with van der Waals surface area (Å²) in [5.74, 6) is -3.11. The van der Waals surface area contributed by atoms with Crippen molar-refractivity contribution in [2.75, 3.05) is 0 Å². The molecule has 0 aliphatic heterocycles. The number of ketones is 2. The summed E-state index contributed by atoms with van der Waals surface area (Å²) >= 11 is 0. The van der Waals surface area contributed by atoms with Crippen LogP contribution < -0.4 is 0 Å². The highest BCUT2D eigenvalue weighted by Gasteiger charge is 2.80. The molecule has 0 unspecified atom stereocenters. The van der Waals surface area contributed by atoms with Crippen LogP contribution in [0.25, 0.3) is 0 Å². The Balaban J connectivity index is 1.68. The lowest BCUT2D eigenvalue weighted by molar-refractivity contribution is -0.305. The average molecular weight is 519 g/mol. The Kier molecular flexibility index (Phi) is 5.49. The molecule has 0 bridgehead atoms. The van der Waals surface area contributed by atoms with E-state index in [-0.39, 0.29) is 17.6 Å². The van der Waals surface area contributed by atoms with Gasteiger partial charge in [0.2, 0.25) is 0 Å². The van der Waals surface area contributed by atoms with Gasteiger partial charge in [0.15, 0.2) is 5.78 Å². The first-order chi connectivity index (χ1) is 16.8. The maximum atomic E-state index is 14.4. The zero-order chi connectivity index (χ0) is 27.8. The highest BCUT2D eigenvalue weighted by molar-refractivity contribution is 5.96. The third-order valence-corrected chi connectivity index (χ3v) is 13.5. The Labute approximate surface area is 220 Å². The quantitative estimate of drug-likeness (QED) is 0.415. The minimum absolute atomic E-state index is 0.0907. The Bertz CT molecular complexity index is 1070. The van der Waals surface area contributed by atoms with Crippen molar-refractivity contribution in [2.24, 2.45) is 50.2 Å². The number of carbonyl (C=O) groups excluding carboxylic acids is 2. The van der Waals surface area contributed by atoms with Gasteiger partial charge in [-0.2, -0.15) is 0 Å². The predicted octanol–water partition coefficient (Wildman–Crippen LogP) is 3.76. The molecule has 0 radical (unpaired) electrons. The molecule has 37 heavy (non-hydrogen) atoms. The van der Waals surface area contributed by atoms with Crippen LogP contribution in [0.1, 0.15) is 99.8 Å². The maximum absolute atomic E-state index is 14.4. The lowest BCUT2D eigenvalue weighted by atomic mass is 9.29. The van der Waals surface area contributed by atoms with Gasteiger partial charge in [0.1, 0.15) is 17.5 Å². The molecular formula is C30H46O7. The van der Waals surface area contributed by atoms with Crippen molar-refractivity contribution in [1.82, 2.24) is 0 Å². The van der Waals surface area contributed by atoms with Crippen LogP contribution in [-0.4, -0.2) is 55.8 Å². The van der Waals surface area contributed by atoms with Crippen LogP contribution in [0.5, 0.6) is 0 Å². The molecule has 11 atom stereocenters. The number of Topliss-reactive ketones (excluding diaryl/α,β-unsaturated/α-hetero) is 2.